The molecule has 20 heavy (non-hydrogen) atoms. The van der Waals surface area contributed by atoms with Gasteiger partial charge in [0.1, 0.15) is 0 Å². The zero-order valence-electron chi connectivity index (χ0n) is 12.5. The predicted molar refractivity (Wildman–Crippen MR) is 69.3 cm³/mol. The number of aliphatic hydroxyl groups excluding tert-OH is 1. The molecule has 0 saturated heterocycles. The van der Waals surface area contributed by atoms with E-state index in [9.17, 15) is 4.79 Å². The van der Waals surface area contributed by atoms with Gasteiger partial charge in [-0.25, -0.2) is 4.79 Å². The number of nitrogens with zero attached hydrogens (tertiary/aromatic N) is 1. The molecule has 0 aromatic carbocycles. The molecule has 0 unspecified atom stereocenters. The molecule has 1 heterocycles. The maximum atomic E-state index is 11.0. The predicted octanol–water partition coefficient (Wildman–Crippen LogP) is 1.34. The van der Waals surface area contributed by atoms with Crippen LogP contribution in [-0.4, -0.2) is 29.3 Å². The Morgan fingerprint density at radius 2 is 1.85 bits per heavy atom. The van der Waals surface area contributed by atoms with Crippen LogP contribution in [0.2, 0.25) is 0 Å². The number of rotatable bonds is 4. The number of hydrogen-bond donors (Lipinski definition) is 3. The molecule has 3 radical (unpaired) electrons. The Morgan fingerprint density at radius 3 is 2.30 bits per heavy atom. The number of amides is 2. The quantitative estimate of drug-likeness (QED) is 0.540. The SMILES string of the molecule is CC.O=C(NCCO)NCc1cccnc1.[CH3-].[Y].[Y].[Y]. The van der Waals surface area contributed by atoms with E-state index in [1.807, 2.05) is 26.0 Å². The Balaban J connectivity index is -0.000000119. The van der Waals surface area contributed by atoms with E-state index in [2.05, 4.69) is 15.6 Å². The van der Waals surface area contributed by atoms with Crippen LogP contribution in [0.3, 0.4) is 0 Å². The van der Waals surface area contributed by atoms with E-state index in [-0.39, 0.29) is 125 Å². The van der Waals surface area contributed by atoms with Gasteiger partial charge in [0, 0.05) is 124 Å². The van der Waals surface area contributed by atoms with Gasteiger partial charge in [-0.3, -0.25) is 4.98 Å². The molecule has 3 N–H and O–H groups in total. The maximum Gasteiger partial charge on any atom is 0.315 e. The summed E-state index contributed by atoms with van der Waals surface area (Å²) in [4.78, 5) is 14.9. The molecule has 0 aliphatic heterocycles. The van der Waals surface area contributed by atoms with Gasteiger partial charge in [-0.1, -0.05) is 19.9 Å². The third kappa shape index (κ3) is 19.7. The summed E-state index contributed by atoms with van der Waals surface area (Å²) in [7, 11) is 0. The largest absolute Gasteiger partial charge is 0.395 e. The summed E-state index contributed by atoms with van der Waals surface area (Å²) >= 11 is 0. The third-order valence-electron chi connectivity index (χ3n) is 1.57. The average molecular weight is 507 g/mol. The fourth-order valence-corrected chi connectivity index (χ4v) is 0.917. The normalized spacial score (nSPS) is 6.95. The van der Waals surface area contributed by atoms with Crippen LogP contribution in [0.15, 0.2) is 24.5 Å². The van der Waals surface area contributed by atoms with E-state index >= 15 is 0 Å². The van der Waals surface area contributed by atoms with E-state index in [0.717, 1.165) is 5.56 Å². The van der Waals surface area contributed by atoms with Gasteiger partial charge in [-0.15, -0.1) is 0 Å². The molecule has 0 spiro atoms. The zero-order valence-corrected chi connectivity index (χ0v) is 21.0. The van der Waals surface area contributed by atoms with Gasteiger partial charge < -0.3 is 23.2 Å². The van der Waals surface area contributed by atoms with Gasteiger partial charge >= 0.3 is 6.03 Å². The molecule has 0 saturated carbocycles. The van der Waals surface area contributed by atoms with Gasteiger partial charge in [-0.05, 0) is 11.6 Å². The van der Waals surface area contributed by atoms with Crippen molar-refractivity contribution in [2.75, 3.05) is 13.2 Å². The first-order valence-corrected chi connectivity index (χ1v) is 5.34. The molecule has 0 fully saturated rings. The molecule has 0 aliphatic rings. The fourth-order valence-electron chi connectivity index (χ4n) is 0.917. The minimum Gasteiger partial charge on any atom is -0.395 e. The van der Waals surface area contributed by atoms with Crippen molar-refractivity contribution in [3.05, 3.63) is 37.5 Å². The monoisotopic (exact) mass is 507 g/mol. The second-order valence-electron chi connectivity index (χ2n) is 2.69. The molecule has 1 aromatic heterocycles. The molecular weight excluding hydrogens is 485 g/mol. The van der Waals surface area contributed by atoms with Crippen molar-refractivity contribution >= 4 is 6.03 Å². The van der Waals surface area contributed by atoms with Gasteiger partial charge in [-0.2, -0.15) is 0 Å². The van der Waals surface area contributed by atoms with Gasteiger partial charge in [0.15, 0.2) is 0 Å². The first-order chi connectivity index (χ1) is 7.83. The van der Waals surface area contributed by atoms with Crippen molar-refractivity contribution in [1.82, 2.24) is 15.6 Å². The number of urea groups is 1. The number of carbonyl (C=O) groups is 1. The smallest absolute Gasteiger partial charge is 0.315 e. The first-order valence-electron chi connectivity index (χ1n) is 5.34. The van der Waals surface area contributed by atoms with Crippen molar-refractivity contribution in [1.29, 1.82) is 0 Å². The summed E-state index contributed by atoms with van der Waals surface area (Å²) < 4.78 is 0. The summed E-state index contributed by atoms with van der Waals surface area (Å²) in [5.74, 6) is 0. The van der Waals surface area contributed by atoms with E-state index < -0.39 is 0 Å². The molecule has 5 nitrogen and oxygen atoms in total. The Labute approximate surface area is 197 Å². The molecule has 0 atom stereocenters. The topological polar surface area (TPSA) is 74.2 Å². The van der Waals surface area contributed by atoms with Crippen LogP contribution in [0, 0.1) is 7.43 Å². The van der Waals surface area contributed by atoms with Crippen LogP contribution in [-0.2, 0) is 105 Å². The van der Waals surface area contributed by atoms with Crippen molar-refractivity contribution in [2.45, 2.75) is 20.4 Å². The van der Waals surface area contributed by atoms with E-state index in [4.69, 9.17) is 5.11 Å². The van der Waals surface area contributed by atoms with Crippen LogP contribution in [0.25, 0.3) is 0 Å². The minimum absolute atomic E-state index is 0. The molecule has 0 bridgehead atoms. The zero-order chi connectivity index (χ0) is 12.2. The van der Waals surface area contributed by atoms with Gasteiger partial charge in [0.05, 0.1) is 6.61 Å². The van der Waals surface area contributed by atoms with Crippen molar-refractivity contribution in [2.24, 2.45) is 0 Å². The standard InChI is InChI=1S/C9H13N3O2.C2H6.CH3.3Y/c13-5-4-11-9(14)12-7-8-2-1-3-10-6-8;1-2;;;;/h1-3,6,13H,4-5,7H2,(H2,11,12,14);1-2H3;1H3;;;/q;;-1;;;. The van der Waals surface area contributed by atoms with E-state index in [1.165, 1.54) is 0 Å². The maximum absolute atomic E-state index is 11.0. The molecule has 8 heteroatoms. The second-order valence-corrected chi connectivity index (χ2v) is 2.69. The summed E-state index contributed by atoms with van der Waals surface area (Å²) in [5.41, 5.74) is 0.937. The number of nitrogens with one attached hydrogen (secondary N) is 2. The first kappa shape index (κ1) is 33.3. The van der Waals surface area contributed by atoms with Crippen LogP contribution in [0.5, 0.6) is 0 Å². The van der Waals surface area contributed by atoms with Crippen molar-refractivity contribution in [3.63, 3.8) is 0 Å². The Kier molecular flexibility index (Phi) is 42.7. The van der Waals surface area contributed by atoms with Crippen molar-refractivity contribution in [3.8, 4) is 0 Å². The number of aromatic nitrogens is 1. The number of pyridine rings is 1. The van der Waals surface area contributed by atoms with E-state index in [0.29, 0.717) is 6.54 Å². The summed E-state index contributed by atoms with van der Waals surface area (Å²) in [6, 6.07) is 3.39. The summed E-state index contributed by atoms with van der Waals surface area (Å²) in [6.45, 7) is 4.64. The molecular formula is C12H22N3O2Y3-. The van der Waals surface area contributed by atoms with Crippen LogP contribution in [0.1, 0.15) is 19.4 Å². The minimum atomic E-state index is -0.289. The molecule has 1 aromatic rings. The third-order valence-corrected chi connectivity index (χ3v) is 1.57. The summed E-state index contributed by atoms with van der Waals surface area (Å²) in [5, 5.41) is 13.6. The molecule has 1 rings (SSSR count). The van der Waals surface area contributed by atoms with Crippen LogP contribution < -0.4 is 10.6 Å². The molecule has 0 aliphatic carbocycles. The number of hydrogen-bond acceptors (Lipinski definition) is 3. The number of aliphatic hydroxyl groups is 1. The fraction of sp³-hybridized carbons (Fsp3) is 0.417. The second kappa shape index (κ2) is 25.6. The Morgan fingerprint density at radius 1 is 1.25 bits per heavy atom. The number of carbonyl (C=O) groups excluding carboxylic acids is 1. The average Bonchev–Trinajstić information content (AvgIpc) is 2.37. The van der Waals surface area contributed by atoms with Crippen LogP contribution >= 0.6 is 0 Å². The Hall–Kier alpha value is 1.69. The molecule has 107 valence electrons. The van der Waals surface area contributed by atoms with Crippen LogP contribution in [0.4, 0.5) is 4.79 Å². The molecule has 2 amide bonds. The Bertz CT molecular complexity index is 291. The summed E-state index contributed by atoms with van der Waals surface area (Å²) in [6.07, 6.45) is 3.36. The van der Waals surface area contributed by atoms with Gasteiger partial charge in [0.2, 0.25) is 0 Å². The van der Waals surface area contributed by atoms with E-state index in [1.54, 1.807) is 12.4 Å². The van der Waals surface area contributed by atoms with Crippen molar-refractivity contribution < 1.29 is 108 Å². The van der Waals surface area contributed by atoms with Gasteiger partial charge in [0.25, 0.3) is 0 Å².